The molecule has 1 amide bonds. The lowest BCUT2D eigenvalue weighted by Crippen LogP contribution is -2.32. The molecule has 0 rings (SSSR count). The summed E-state index contributed by atoms with van der Waals surface area (Å²) in [5.41, 5.74) is 1.15. The summed E-state index contributed by atoms with van der Waals surface area (Å²) in [6.45, 7) is 8.06. The molecule has 0 aromatic rings. The van der Waals surface area contributed by atoms with Gasteiger partial charge in [0.2, 0.25) is 5.91 Å². The summed E-state index contributed by atoms with van der Waals surface area (Å²) >= 11 is 5.57. The van der Waals surface area contributed by atoms with Crippen LogP contribution < -0.4 is 0 Å². The van der Waals surface area contributed by atoms with E-state index in [4.69, 9.17) is 11.6 Å². The first-order valence-electron chi connectivity index (χ1n) is 5.51. The van der Waals surface area contributed by atoms with Crippen LogP contribution in [0.5, 0.6) is 0 Å². The third kappa shape index (κ3) is 6.56. The Morgan fingerprint density at radius 2 is 1.93 bits per heavy atom. The van der Waals surface area contributed by atoms with Gasteiger partial charge < -0.3 is 4.90 Å². The Morgan fingerprint density at radius 1 is 1.33 bits per heavy atom. The SMILES string of the molecule is CC(C)=CN(C(=O)CCCCCl)C(C)C. The predicted octanol–water partition coefficient (Wildman–Crippen LogP) is 3.56. The van der Waals surface area contributed by atoms with Gasteiger partial charge in [-0.2, -0.15) is 0 Å². The van der Waals surface area contributed by atoms with Crippen molar-refractivity contribution in [1.82, 2.24) is 4.90 Å². The molecular weight excluding hydrogens is 210 g/mol. The Balaban J connectivity index is 4.24. The van der Waals surface area contributed by atoms with Crippen LogP contribution in [0.1, 0.15) is 47.0 Å². The average Bonchev–Trinajstić information content (AvgIpc) is 2.13. The van der Waals surface area contributed by atoms with E-state index in [0.717, 1.165) is 18.4 Å². The molecule has 0 aliphatic heterocycles. The molecule has 0 unspecified atom stereocenters. The normalized spacial score (nSPS) is 10.3. The maximum Gasteiger partial charge on any atom is 0.226 e. The second kappa shape index (κ2) is 7.75. The number of unbranched alkanes of at least 4 members (excludes halogenated alkanes) is 1. The molecular formula is C12H22ClNO. The van der Waals surface area contributed by atoms with Gasteiger partial charge in [-0.15, -0.1) is 11.6 Å². The summed E-state index contributed by atoms with van der Waals surface area (Å²) in [5, 5.41) is 0. The minimum atomic E-state index is 0.191. The van der Waals surface area contributed by atoms with Crippen molar-refractivity contribution < 1.29 is 4.79 Å². The van der Waals surface area contributed by atoms with E-state index < -0.39 is 0 Å². The van der Waals surface area contributed by atoms with Gasteiger partial charge >= 0.3 is 0 Å². The van der Waals surface area contributed by atoms with Gasteiger partial charge in [0, 0.05) is 24.5 Å². The van der Waals surface area contributed by atoms with Crippen LogP contribution in [0.4, 0.5) is 0 Å². The maximum absolute atomic E-state index is 11.8. The molecule has 3 heteroatoms. The first-order valence-corrected chi connectivity index (χ1v) is 6.04. The molecule has 0 saturated carbocycles. The first-order chi connectivity index (χ1) is 6.99. The van der Waals surface area contributed by atoms with Gasteiger partial charge in [0.15, 0.2) is 0 Å². The average molecular weight is 232 g/mol. The fourth-order valence-electron chi connectivity index (χ4n) is 1.29. The summed E-state index contributed by atoms with van der Waals surface area (Å²) in [7, 11) is 0. The third-order valence-electron chi connectivity index (χ3n) is 2.02. The Kier molecular flexibility index (Phi) is 7.49. The van der Waals surface area contributed by atoms with Crippen LogP contribution in [0.15, 0.2) is 11.8 Å². The number of allylic oxidation sites excluding steroid dienone is 1. The fourth-order valence-corrected chi connectivity index (χ4v) is 1.48. The fraction of sp³-hybridized carbons (Fsp3) is 0.750. The molecule has 15 heavy (non-hydrogen) atoms. The van der Waals surface area contributed by atoms with Crippen molar-refractivity contribution in [2.75, 3.05) is 5.88 Å². The topological polar surface area (TPSA) is 20.3 Å². The first kappa shape index (κ1) is 14.5. The van der Waals surface area contributed by atoms with Gasteiger partial charge in [0.05, 0.1) is 0 Å². The molecule has 0 radical (unpaired) electrons. The quantitative estimate of drug-likeness (QED) is 0.506. The lowest BCUT2D eigenvalue weighted by molar-refractivity contribution is -0.130. The minimum absolute atomic E-state index is 0.191. The molecule has 0 aromatic heterocycles. The van der Waals surface area contributed by atoms with Crippen LogP contribution in [0, 0.1) is 0 Å². The highest BCUT2D eigenvalue weighted by Gasteiger charge is 2.13. The van der Waals surface area contributed by atoms with E-state index in [-0.39, 0.29) is 11.9 Å². The largest absolute Gasteiger partial charge is 0.317 e. The number of nitrogens with zero attached hydrogens (tertiary/aromatic N) is 1. The van der Waals surface area contributed by atoms with Crippen molar-refractivity contribution in [3.05, 3.63) is 11.8 Å². The summed E-state index contributed by atoms with van der Waals surface area (Å²) in [6, 6.07) is 0.225. The van der Waals surface area contributed by atoms with Crippen molar-refractivity contribution >= 4 is 17.5 Å². The highest BCUT2D eigenvalue weighted by Crippen LogP contribution is 2.08. The smallest absolute Gasteiger partial charge is 0.226 e. The second-order valence-corrected chi connectivity index (χ2v) is 4.63. The molecule has 0 aromatic carbocycles. The predicted molar refractivity (Wildman–Crippen MR) is 66.0 cm³/mol. The monoisotopic (exact) mass is 231 g/mol. The Labute approximate surface area is 98.3 Å². The van der Waals surface area contributed by atoms with E-state index in [0.29, 0.717) is 12.3 Å². The summed E-state index contributed by atoms with van der Waals surface area (Å²) in [4.78, 5) is 13.6. The van der Waals surface area contributed by atoms with Crippen LogP contribution >= 0.6 is 11.6 Å². The maximum atomic E-state index is 11.8. The molecule has 0 fully saturated rings. The third-order valence-corrected chi connectivity index (χ3v) is 2.28. The van der Waals surface area contributed by atoms with E-state index >= 15 is 0 Å². The molecule has 0 saturated heterocycles. The van der Waals surface area contributed by atoms with E-state index in [2.05, 4.69) is 0 Å². The van der Waals surface area contributed by atoms with E-state index in [1.807, 2.05) is 38.8 Å². The molecule has 0 spiro atoms. The molecule has 2 nitrogen and oxygen atoms in total. The molecule has 88 valence electrons. The van der Waals surface area contributed by atoms with Crippen LogP contribution in [0.2, 0.25) is 0 Å². The van der Waals surface area contributed by atoms with E-state index in [9.17, 15) is 4.79 Å². The van der Waals surface area contributed by atoms with Gasteiger partial charge in [-0.25, -0.2) is 0 Å². The number of halogens is 1. The van der Waals surface area contributed by atoms with Crippen molar-refractivity contribution in [3.63, 3.8) is 0 Å². The van der Waals surface area contributed by atoms with E-state index in [1.54, 1.807) is 0 Å². The number of amides is 1. The molecule has 0 atom stereocenters. The molecule has 0 heterocycles. The van der Waals surface area contributed by atoms with Crippen molar-refractivity contribution in [1.29, 1.82) is 0 Å². The molecule has 0 bridgehead atoms. The van der Waals surface area contributed by atoms with Crippen LogP contribution in [0.25, 0.3) is 0 Å². The van der Waals surface area contributed by atoms with Gasteiger partial charge in [0.25, 0.3) is 0 Å². The van der Waals surface area contributed by atoms with Crippen molar-refractivity contribution in [2.24, 2.45) is 0 Å². The number of carbonyl (C=O) groups excluding carboxylic acids is 1. The summed E-state index contributed by atoms with van der Waals surface area (Å²) in [5.74, 6) is 0.828. The van der Waals surface area contributed by atoms with E-state index in [1.165, 1.54) is 0 Å². The number of hydrogen-bond donors (Lipinski definition) is 0. The zero-order valence-electron chi connectivity index (χ0n) is 10.2. The standard InChI is InChI=1S/C12H22ClNO/c1-10(2)9-14(11(3)4)12(15)7-5-6-8-13/h9,11H,5-8H2,1-4H3. The number of rotatable bonds is 6. The molecule has 0 aliphatic rings. The Bertz CT molecular complexity index is 220. The second-order valence-electron chi connectivity index (χ2n) is 4.25. The van der Waals surface area contributed by atoms with Gasteiger partial charge in [0.1, 0.15) is 0 Å². The number of alkyl halides is 1. The minimum Gasteiger partial charge on any atom is -0.317 e. The summed E-state index contributed by atoms with van der Waals surface area (Å²) in [6.07, 6.45) is 4.30. The van der Waals surface area contributed by atoms with Gasteiger partial charge in [-0.1, -0.05) is 5.57 Å². The number of hydrogen-bond acceptors (Lipinski definition) is 1. The number of carbonyl (C=O) groups is 1. The molecule has 0 N–H and O–H groups in total. The lowest BCUT2D eigenvalue weighted by Gasteiger charge is -2.23. The molecule has 0 aliphatic carbocycles. The van der Waals surface area contributed by atoms with Gasteiger partial charge in [-0.05, 0) is 40.5 Å². The van der Waals surface area contributed by atoms with Crippen molar-refractivity contribution in [3.8, 4) is 0 Å². The van der Waals surface area contributed by atoms with Crippen molar-refractivity contribution in [2.45, 2.75) is 53.0 Å². The van der Waals surface area contributed by atoms with Crippen LogP contribution in [-0.4, -0.2) is 22.7 Å². The lowest BCUT2D eigenvalue weighted by atomic mass is 10.2. The van der Waals surface area contributed by atoms with Crippen LogP contribution in [0.3, 0.4) is 0 Å². The zero-order valence-corrected chi connectivity index (χ0v) is 11.0. The van der Waals surface area contributed by atoms with Crippen LogP contribution in [-0.2, 0) is 4.79 Å². The Hall–Kier alpha value is -0.500. The highest BCUT2D eigenvalue weighted by molar-refractivity contribution is 6.17. The highest BCUT2D eigenvalue weighted by atomic mass is 35.5. The Morgan fingerprint density at radius 3 is 2.33 bits per heavy atom. The zero-order chi connectivity index (χ0) is 11.8. The van der Waals surface area contributed by atoms with Gasteiger partial charge in [-0.3, -0.25) is 4.79 Å². The summed E-state index contributed by atoms with van der Waals surface area (Å²) < 4.78 is 0.